The number of amides is 2. The summed E-state index contributed by atoms with van der Waals surface area (Å²) in [6, 6.07) is 10.6. The molecule has 112 valence electrons. The highest BCUT2D eigenvalue weighted by molar-refractivity contribution is 5.89. The van der Waals surface area contributed by atoms with E-state index in [1.54, 1.807) is 23.4 Å². The van der Waals surface area contributed by atoms with Gasteiger partial charge in [0.15, 0.2) is 0 Å². The van der Waals surface area contributed by atoms with Crippen LogP contribution in [0.3, 0.4) is 0 Å². The second kappa shape index (κ2) is 5.97. The van der Waals surface area contributed by atoms with E-state index in [9.17, 15) is 9.59 Å². The molecule has 0 saturated carbocycles. The third kappa shape index (κ3) is 2.70. The lowest BCUT2D eigenvalue weighted by Crippen LogP contribution is -2.46. The van der Waals surface area contributed by atoms with Crippen LogP contribution in [0.1, 0.15) is 22.7 Å². The van der Waals surface area contributed by atoms with Crippen molar-refractivity contribution in [1.29, 1.82) is 0 Å². The Bertz CT molecular complexity index is 700. The summed E-state index contributed by atoms with van der Waals surface area (Å²) < 4.78 is 0. The number of pyridine rings is 1. The smallest absolute Gasteiger partial charge is 0.244 e. The molecule has 5 nitrogen and oxygen atoms in total. The summed E-state index contributed by atoms with van der Waals surface area (Å²) in [4.78, 5) is 30.1. The van der Waals surface area contributed by atoms with E-state index in [-0.39, 0.29) is 12.3 Å². The number of benzene rings is 1. The van der Waals surface area contributed by atoms with Crippen LogP contribution in [0.5, 0.6) is 0 Å². The number of carbonyl (C=O) groups excluding carboxylic acids is 2. The van der Waals surface area contributed by atoms with E-state index in [2.05, 4.69) is 4.98 Å². The first-order chi connectivity index (χ1) is 10.7. The SMILES string of the molecule is NC(=O)[C@@H]1c2ccccc2CCN1C(=O)Cc1cccnc1. The summed E-state index contributed by atoms with van der Waals surface area (Å²) in [6.45, 7) is 0.504. The first-order valence-corrected chi connectivity index (χ1v) is 7.22. The molecule has 2 aromatic rings. The van der Waals surface area contributed by atoms with E-state index in [1.165, 1.54) is 0 Å². The fourth-order valence-electron chi connectivity index (χ4n) is 2.92. The van der Waals surface area contributed by atoms with Crippen LogP contribution >= 0.6 is 0 Å². The molecule has 1 aromatic carbocycles. The monoisotopic (exact) mass is 295 g/mol. The first-order valence-electron chi connectivity index (χ1n) is 7.22. The number of rotatable bonds is 3. The average molecular weight is 295 g/mol. The number of hydrogen-bond donors (Lipinski definition) is 1. The molecule has 0 spiro atoms. The van der Waals surface area contributed by atoms with E-state index in [0.717, 1.165) is 23.1 Å². The van der Waals surface area contributed by atoms with Gasteiger partial charge in [-0.1, -0.05) is 30.3 Å². The zero-order chi connectivity index (χ0) is 15.5. The van der Waals surface area contributed by atoms with Crippen LogP contribution < -0.4 is 5.73 Å². The van der Waals surface area contributed by atoms with Crippen LogP contribution in [0.4, 0.5) is 0 Å². The largest absolute Gasteiger partial charge is 0.368 e. The molecule has 2 amide bonds. The van der Waals surface area contributed by atoms with Gasteiger partial charge in [0.25, 0.3) is 0 Å². The fourth-order valence-corrected chi connectivity index (χ4v) is 2.92. The van der Waals surface area contributed by atoms with Gasteiger partial charge in [0.05, 0.1) is 6.42 Å². The molecule has 0 fully saturated rings. The summed E-state index contributed by atoms with van der Waals surface area (Å²) >= 11 is 0. The van der Waals surface area contributed by atoms with Gasteiger partial charge in [-0.2, -0.15) is 0 Å². The van der Waals surface area contributed by atoms with E-state index < -0.39 is 11.9 Å². The van der Waals surface area contributed by atoms with E-state index in [1.807, 2.05) is 30.3 Å². The van der Waals surface area contributed by atoms with Crippen molar-refractivity contribution in [3.8, 4) is 0 Å². The zero-order valence-electron chi connectivity index (χ0n) is 12.1. The van der Waals surface area contributed by atoms with Gasteiger partial charge in [-0.3, -0.25) is 14.6 Å². The third-order valence-electron chi connectivity index (χ3n) is 3.95. The highest BCUT2D eigenvalue weighted by Crippen LogP contribution is 2.29. The lowest BCUT2D eigenvalue weighted by atomic mass is 9.91. The molecule has 1 aromatic heterocycles. The molecule has 2 heterocycles. The Labute approximate surface area is 128 Å². The molecule has 1 aliphatic heterocycles. The first kappa shape index (κ1) is 14.3. The van der Waals surface area contributed by atoms with Gasteiger partial charge in [0.2, 0.25) is 11.8 Å². The maximum absolute atomic E-state index is 12.6. The lowest BCUT2D eigenvalue weighted by molar-refractivity contribution is -0.139. The van der Waals surface area contributed by atoms with Gasteiger partial charge < -0.3 is 10.6 Å². The summed E-state index contributed by atoms with van der Waals surface area (Å²) in [7, 11) is 0. The van der Waals surface area contributed by atoms with Crippen LogP contribution in [0.15, 0.2) is 48.8 Å². The molecule has 0 saturated heterocycles. The molecule has 2 N–H and O–H groups in total. The Kier molecular flexibility index (Phi) is 3.87. The summed E-state index contributed by atoms with van der Waals surface area (Å²) in [6.07, 6.45) is 4.28. The summed E-state index contributed by atoms with van der Waals surface area (Å²) in [5.41, 5.74) is 8.30. The van der Waals surface area contributed by atoms with Gasteiger partial charge >= 0.3 is 0 Å². The lowest BCUT2D eigenvalue weighted by Gasteiger charge is -2.35. The molecule has 0 unspecified atom stereocenters. The zero-order valence-corrected chi connectivity index (χ0v) is 12.1. The summed E-state index contributed by atoms with van der Waals surface area (Å²) in [5.74, 6) is -0.599. The van der Waals surface area contributed by atoms with Crippen LogP contribution in [0.25, 0.3) is 0 Å². The van der Waals surface area contributed by atoms with E-state index >= 15 is 0 Å². The minimum atomic E-state index is -0.686. The molecular weight excluding hydrogens is 278 g/mol. The Hall–Kier alpha value is -2.69. The van der Waals surface area contributed by atoms with Gasteiger partial charge in [-0.25, -0.2) is 0 Å². The Morgan fingerprint density at radius 3 is 2.77 bits per heavy atom. The summed E-state index contributed by atoms with van der Waals surface area (Å²) in [5, 5.41) is 0. The van der Waals surface area contributed by atoms with Crippen molar-refractivity contribution >= 4 is 11.8 Å². The Balaban J connectivity index is 1.87. The Morgan fingerprint density at radius 1 is 1.23 bits per heavy atom. The third-order valence-corrected chi connectivity index (χ3v) is 3.95. The minimum Gasteiger partial charge on any atom is -0.368 e. The van der Waals surface area contributed by atoms with E-state index in [0.29, 0.717) is 6.54 Å². The van der Waals surface area contributed by atoms with Gasteiger partial charge in [-0.05, 0) is 29.2 Å². The molecule has 1 atom stereocenters. The highest BCUT2D eigenvalue weighted by atomic mass is 16.2. The number of hydrogen-bond acceptors (Lipinski definition) is 3. The molecule has 0 aliphatic carbocycles. The molecule has 22 heavy (non-hydrogen) atoms. The Morgan fingerprint density at radius 2 is 2.05 bits per heavy atom. The van der Waals surface area contributed by atoms with E-state index in [4.69, 9.17) is 5.73 Å². The van der Waals surface area contributed by atoms with Gasteiger partial charge in [0.1, 0.15) is 6.04 Å². The normalized spacial score (nSPS) is 16.9. The number of fused-ring (bicyclic) bond motifs is 1. The molecule has 0 bridgehead atoms. The standard InChI is InChI=1S/C17H17N3O2/c18-17(22)16-14-6-2-1-5-13(14)7-9-20(16)15(21)10-12-4-3-8-19-11-12/h1-6,8,11,16H,7,9-10H2,(H2,18,22)/t16-/m0/s1. The van der Waals surface area contributed by atoms with Crippen molar-refractivity contribution in [2.45, 2.75) is 18.9 Å². The van der Waals surface area contributed by atoms with Gasteiger partial charge in [-0.15, -0.1) is 0 Å². The fraction of sp³-hybridized carbons (Fsp3) is 0.235. The number of nitrogens with two attached hydrogens (primary N) is 1. The predicted molar refractivity (Wildman–Crippen MR) is 81.7 cm³/mol. The van der Waals surface area contributed by atoms with Crippen LogP contribution in [0, 0.1) is 0 Å². The molecule has 0 radical (unpaired) electrons. The van der Waals surface area contributed by atoms with Crippen molar-refractivity contribution in [2.75, 3.05) is 6.54 Å². The average Bonchev–Trinajstić information content (AvgIpc) is 2.54. The quantitative estimate of drug-likeness (QED) is 0.925. The molecule has 5 heteroatoms. The van der Waals surface area contributed by atoms with Crippen LogP contribution in [-0.4, -0.2) is 28.2 Å². The predicted octanol–water partition coefficient (Wildman–Crippen LogP) is 1.24. The number of carbonyl (C=O) groups is 2. The van der Waals surface area contributed by atoms with Gasteiger partial charge in [0, 0.05) is 18.9 Å². The van der Waals surface area contributed by atoms with Crippen molar-refractivity contribution in [1.82, 2.24) is 9.88 Å². The molecular formula is C17H17N3O2. The number of aromatic nitrogens is 1. The van der Waals surface area contributed by atoms with Crippen molar-refractivity contribution < 1.29 is 9.59 Å². The van der Waals surface area contributed by atoms with Crippen LogP contribution in [-0.2, 0) is 22.4 Å². The maximum Gasteiger partial charge on any atom is 0.244 e. The topological polar surface area (TPSA) is 76.3 Å². The number of primary amides is 1. The second-order valence-electron chi connectivity index (χ2n) is 5.38. The number of nitrogens with zero attached hydrogens (tertiary/aromatic N) is 2. The minimum absolute atomic E-state index is 0.105. The van der Waals surface area contributed by atoms with Crippen molar-refractivity contribution in [3.63, 3.8) is 0 Å². The molecule has 1 aliphatic rings. The van der Waals surface area contributed by atoms with Crippen LogP contribution in [0.2, 0.25) is 0 Å². The van der Waals surface area contributed by atoms with Crippen molar-refractivity contribution in [2.24, 2.45) is 5.73 Å². The second-order valence-corrected chi connectivity index (χ2v) is 5.38. The highest BCUT2D eigenvalue weighted by Gasteiger charge is 2.34. The molecule has 3 rings (SSSR count). The maximum atomic E-state index is 12.6. The van der Waals surface area contributed by atoms with Crippen molar-refractivity contribution in [3.05, 3.63) is 65.5 Å².